The molecule has 0 unspecified atom stereocenters. The number of ether oxygens (including phenoxy) is 2. The fourth-order valence-electron chi connectivity index (χ4n) is 4.14. The molecule has 1 aliphatic heterocycles. The Kier molecular flexibility index (Phi) is 6.70. The number of furan rings is 1. The second-order valence-corrected chi connectivity index (χ2v) is 8.28. The molecule has 1 N–H and O–H groups in total. The Labute approximate surface area is 208 Å². The second-order valence-electron chi connectivity index (χ2n) is 8.28. The Hall–Kier alpha value is -4.53. The first kappa shape index (κ1) is 23.2. The van der Waals surface area contributed by atoms with Crippen LogP contribution in [0.1, 0.15) is 10.6 Å². The number of nitrogens with zero attached hydrogens (tertiary/aromatic N) is 3. The summed E-state index contributed by atoms with van der Waals surface area (Å²) in [5, 5.41) is 3.49. The minimum atomic E-state index is -0.397. The van der Waals surface area contributed by atoms with Crippen LogP contribution in [0.2, 0.25) is 0 Å². The molecule has 1 saturated heterocycles. The van der Waals surface area contributed by atoms with Gasteiger partial charge < -0.3 is 29.0 Å². The van der Waals surface area contributed by atoms with Crippen molar-refractivity contribution in [1.29, 1.82) is 0 Å². The lowest BCUT2D eigenvalue weighted by atomic mass is 10.2. The number of nitrogens with one attached hydrogen (secondary N) is 1. The lowest BCUT2D eigenvalue weighted by Gasteiger charge is -2.35. The van der Waals surface area contributed by atoms with E-state index in [-0.39, 0.29) is 18.3 Å². The van der Waals surface area contributed by atoms with Crippen molar-refractivity contribution < 1.29 is 23.5 Å². The van der Waals surface area contributed by atoms with Gasteiger partial charge in [-0.05, 0) is 48.5 Å². The second kappa shape index (κ2) is 10.4. The highest BCUT2D eigenvalue weighted by Gasteiger charge is 2.29. The molecule has 4 aromatic rings. The van der Waals surface area contributed by atoms with Gasteiger partial charge >= 0.3 is 0 Å². The number of rotatable bonds is 7. The number of carbonyl (C=O) groups excluding carboxylic acids is 2. The average Bonchev–Trinajstić information content (AvgIpc) is 3.30. The number of piperazine rings is 1. The molecule has 2 aromatic carbocycles. The summed E-state index contributed by atoms with van der Waals surface area (Å²) in [6.07, 6.45) is 1.76. The van der Waals surface area contributed by atoms with Crippen molar-refractivity contribution in [2.45, 2.75) is 0 Å². The number of pyridine rings is 1. The standard InChI is InChI=1S/C27H26N4O5/c1-34-19-9-11-20(12-10-19)35-18-24(32)29-25-21-6-2-3-7-22(21)36-26(25)27(33)31-16-14-30(15-17-31)23-8-4-5-13-28-23/h2-13H,14-18H2,1H3,(H,29,32). The summed E-state index contributed by atoms with van der Waals surface area (Å²) in [6.45, 7) is 2.11. The zero-order chi connectivity index (χ0) is 24.9. The van der Waals surface area contributed by atoms with Gasteiger partial charge in [0, 0.05) is 37.8 Å². The number of anilines is 2. The molecule has 184 valence electrons. The first-order valence-electron chi connectivity index (χ1n) is 11.7. The number of para-hydroxylation sites is 1. The summed E-state index contributed by atoms with van der Waals surface area (Å²) in [5.41, 5.74) is 0.880. The molecule has 0 radical (unpaired) electrons. The van der Waals surface area contributed by atoms with Gasteiger partial charge in [-0.1, -0.05) is 18.2 Å². The third-order valence-corrected chi connectivity index (χ3v) is 6.02. The minimum Gasteiger partial charge on any atom is -0.497 e. The Balaban J connectivity index is 1.29. The average molecular weight is 487 g/mol. The zero-order valence-electron chi connectivity index (χ0n) is 19.8. The summed E-state index contributed by atoms with van der Waals surface area (Å²) in [7, 11) is 1.58. The van der Waals surface area contributed by atoms with Crippen LogP contribution >= 0.6 is 0 Å². The molecule has 2 aromatic heterocycles. The summed E-state index contributed by atoms with van der Waals surface area (Å²) >= 11 is 0. The van der Waals surface area contributed by atoms with Crippen LogP contribution in [-0.2, 0) is 4.79 Å². The van der Waals surface area contributed by atoms with Gasteiger partial charge in [-0.15, -0.1) is 0 Å². The van der Waals surface area contributed by atoms with Crippen molar-refractivity contribution in [1.82, 2.24) is 9.88 Å². The lowest BCUT2D eigenvalue weighted by molar-refractivity contribution is -0.118. The molecular weight excluding hydrogens is 460 g/mol. The molecule has 0 bridgehead atoms. The molecule has 9 nitrogen and oxygen atoms in total. The summed E-state index contributed by atoms with van der Waals surface area (Å²) in [6, 6.07) is 20.0. The first-order chi connectivity index (χ1) is 17.6. The van der Waals surface area contributed by atoms with Gasteiger partial charge in [-0.25, -0.2) is 4.98 Å². The van der Waals surface area contributed by atoms with E-state index >= 15 is 0 Å². The Morgan fingerprint density at radius 2 is 1.67 bits per heavy atom. The lowest BCUT2D eigenvalue weighted by Crippen LogP contribution is -2.49. The molecule has 36 heavy (non-hydrogen) atoms. The van der Waals surface area contributed by atoms with Crippen LogP contribution in [0.15, 0.2) is 77.3 Å². The van der Waals surface area contributed by atoms with E-state index in [0.717, 1.165) is 5.82 Å². The topological polar surface area (TPSA) is 97.1 Å². The molecular formula is C27H26N4O5. The molecule has 9 heteroatoms. The van der Waals surface area contributed by atoms with Gasteiger partial charge in [0.1, 0.15) is 28.6 Å². The Bertz CT molecular complexity index is 1350. The van der Waals surface area contributed by atoms with Crippen LogP contribution in [0.5, 0.6) is 11.5 Å². The van der Waals surface area contributed by atoms with Gasteiger partial charge in [0.05, 0.1) is 7.11 Å². The van der Waals surface area contributed by atoms with Crippen LogP contribution in [0.3, 0.4) is 0 Å². The highest BCUT2D eigenvalue weighted by atomic mass is 16.5. The predicted octanol–water partition coefficient (Wildman–Crippen LogP) is 3.82. The highest BCUT2D eigenvalue weighted by molar-refractivity contribution is 6.11. The number of methoxy groups -OCH3 is 1. The van der Waals surface area contributed by atoms with E-state index < -0.39 is 5.91 Å². The third-order valence-electron chi connectivity index (χ3n) is 6.02. The number of aromatic nitrogens is 1. The number of benzene rings is 2. The number of amides is 2. The Morgan fingerprint density at radius 1 is 0.944 bits per heavy atom. The van der Waals surface area contributed by atoms with Crippen molar-refractivity contribution in [3.63, 3.8) is 0 Å². The van der Waals surface area contributed by atoms with E-state index in [0.29, 0.717) is 54.3 Å². The molecule has 1 aliphatic rings. The molecule has 5 rings (SSSR count). The van der Waals surface area contributed by atoms with Crippen LogP contribution in [0.25, 0.3) is 11.0 Å². The normalized spacial score (nSPS) is 13.5. The fourth-order valence-corrected chi connectivity index (χ4v) is 4.14. The zero-order valence-corrected chi connectivity index (χ0v) is 19.8. The Morgan fingerprint density at radius 3 is 2.39 bits per heavy atom. The first-order valence-corrected chi connectivity index (χ1v) is 11.7. The fraction of sp³-hybridized carbons (Fsp3) is 0.222. The van der Waals surface area contributed by atoms with Crippen LogP contribution in [-0.4, -0.2) is 61.6 Å². The summed E-state index contributed by atoms with van der Waals surface area (Å²) < 4.78 is 16.7. The van der Waals surface area contributed by atoms with Crippen LogP contribution in [0, 0.1) is 0 Å². The van der Waals surface area contributed by atoms with E-state index in [9.17, 15) is 9.59 Å². The van der Waals surface area contributed by atoms with Crippen molar-refractivity contribution in [2.75, 3.05) is 50.1 Å². The number of fused-ring (bicyclic) bond motifs is 1. The number of hydrogen-bond donors (Lipinski definition) is 1. The predicted molar refractivity (Wildman–Crippen MR) is 136 cm³/mol. The smallest absolute Gasteiger partial charge is 0.291 e. The van der Waals surface area contributed by atoms with E-state index in [2.05, 4.69) is 15.2 Å². The van der Waals surface area contributed by atoms with E-state index in [1.54, 1.807) is 48.5 Å². The SMILES string of the molecule is COc1ccc(OCC(=O)Nc2c(C(=O)N3CCN(c4ccccn4)CC3)oc3ccccc23)cc1. The van der Waals surface area contributed by atoms with Crippen LogP contribution < -0.4 is 19.7 Å². The van der Waals surface area contributed by atoms with Crippen molar-refractivity contribution in [3.8, 4) is 11.5 Å². The van der Waals surface area contributed by atoms with E-state index in [4.69, 9.17) is 13.9 Å². The molecule has 0 saturated carbocycles. The number of hydrogen-bond acceptors (Lipinski definition) is 7. The largest absolute Gasteiger partial charge is 0.497 e. The van der Waals surface area contributed by atoms with Crippen molar-refractivity contribution >= 4 is 34.3 Å². The van der Waals surface area contributed by atoms with Gasteiger partial charge in [0.15, 0.2) is 6.61 Å². The quantitative estimate of drug-likeness (QED) is 0.424. The maximum absolute atomic E-state index is 13.5. The monoisotopic (exact) mass is 486 g/mol. The van der Waals surface area contributed by atoms with Gasteiger partial charge in [-0.2, -0.15) is 0 Å². The van der Waals surface area contributed by atoms with Crippen LogP contribution in [0.4, 0.5) is 11.5 Å². The minimum absolute atomic E-state index is 0.111. The van der Waals surface area contributed by atoms with Crippen molar-refractivity contribution in [2.24, 2.45) is 0 Å². The molecule has 2 amide bonds. The molecule has 0 aliphatic carbocycles. The summed E-state index contributed by atoms with van der Waals surface area (Å²) in [5.74, 6) is 1.56. The molecule has 0 spiro atoms. The van der Waals surface area contributed by atoms with Gasteiger partial charge in [0.25, 0.3) is 11.8 Å². The van der Waals surface area contributed by atoms with Crippen molar-refractivity contribution in [3.05, 3.63) is 78.7 Å². The van der Waals surface area contributed by atoms with Gasteiger partial charge in [-0.3, -0.25) is 9.59 Å². The maximum Gasteiger partial charge on any atom is 0.291 e. The van der Waals surface area contributed by atoms with Gasteiger partial charge in [0.2, 0.25) is 5.76 Å². The van der Waals surface area contributed by atoms with E-state index in [1.165, 1.54) is 0 Å². The molecule has 0 atom stereocenters. The van der Waals surface area contributed by atoms with E-state index in [1.807, 2.05) is 36.4 Å². The summed E-state index contributed by atoms with van der Waals surface area (Å²) in [4.78, 5) is 34.5. The number of carbonyl (C=O) groups is 2. The third kappa shape index (κ3) is 4.95. The maximum atomic E-state index is 13.5. The molecule has 3 heterocycles. The highest BCUT2D eigenvalue weighted by Crippen LogP contribution is 2.32. The molecule has 1 fully saturated rings.